The number of benzene rings is 6. The Labute approximate surface area is 349 Å². The van der Waals surface area contributed by atoms with Crippen LogP contribution in [-0.4, -0.2) is 62.5 Å². The molecule has 4 heterocycles. The molecule has 0 atom stereocenters. The molecule has 10 rings (SSSR count). The van der Waals surface area contributed by atoms with Crippen molar-refractivity contribution in [2.24, 2.45) is 0 Å². The van der Waals surface area contributed by atoms with Gasteiger partial charge >= 0.3 is 7.12 Å². The fraction of sp³-hybridized carbons (Fsp3) is 0. The normalized spacial score (nSPS) is 10.6. The van der Waals surface area contributed by atoms with E-state index in [9.17, 15) is 0 Å². The molecule has 0 aliphatic rings. The second kappa shape index (κ2) is 18.5. The molecule has 58 heavy (non-hydrogen) atoms. The summed E-state index contributed by atoms with van der Waals surface area (Å²) in [6, 6.07) is 46.0. The summed E-state index contributed by atoms with van der Waals surface area (Å²) in [5.74, 6) is 1.55. The van der Waals surface area contributed by atoms with E-state index < -0.39 is 7.12 Å². The zero-order chi connectivity index (χ0) is 40.6. The molecule has 0 spiro atoms. The lowest BCUT2D eigenvalue weighted by atomic mass is 9.80. The van der Waals surface area contributed by atoms with E-state index in [0.29, 0.717) is 28.5 Å². The molecule has 10 nitrogen and oxygen atoms in total. The number of aromatic nitrogens is 6. The van der Waals surface area contributed by atoms with Crippen LogP contribution in [0, 0.1) is 0 Å². The summed E-state index contributed by atoms with van der Waals surface area (Å²) < 4.78 is 11.6. The molecular formula is C42H26B3Cl3N6O4. The van der Waals surface area contributed by atoms with Gasteiger partial charge in [0.1, 0.15) is 22.3 Å². The molecule has 278 valence electrons. The van der Waals surface area contributed by atoms with E-state index in [1.54, 1.807) is 12.1 Å². The number of hydrogen-bond donors (Lipinski definition) is 2. The van der Waals surface area contributed by atoms with Crippen molar-refractivity contribution >= 4 is 107 Å². The van der Waals surface area contributed by atoms with Gasteiger partial charge in [-0.05, 0) is 70.6 Å². The van der Waals surface area contributed by atoms with E-state index >= 15 is 0 Å². The Morgan fingerprint density at radius 3 is 1.31 bits per heavy atom. The zero-order valence-electron chi connectivity index (χ0n) is 30.1. The second-order valence-electron chi connectivity index (χ2n) is 12.2. The van der Waals surface area contributed by atoms with E-state index in [0.717, 1.165) is 55.0 Å². The SMILES string of the molecule is Clc1nc(-c2ccccc2)nc(-c2ccc3c(c2)oc2ccccc23)n1.Clc1nc(Cl)nc(-c2ccccc2)n1.OB(O)c1ccc2c(c1)oc1ccccc12.[B][B]. The molecule has 10 aromatic rings. The molecule has 0 aliphatic carbocycles. The van der Waals surface area contributed by atoms with Crippen LogP contribution in [0.25, 0.3) is 78.0 Å². The highest BCUT2D eigenvalue weighted by molar-refractivity contribution is 6.75. The van der Waals surface area contributed by atoms with Crippen LogP contribution in [0.1, 0.15) is 0 Å². The van der Waals surface area contributed by atoms with Crippen molar-refractivity contribution in [1.29, 1.82) is 0 Å². The fourth-order valence-electron chi connectivity index (χ4n) is 6.01. The van der Waals surface area contributed by atoms with Crippen molar-refractivity contribution < 1.29 is 18.9 Å². The third kappa shape index (κ3) is 9.21. The van der Waals surface area contributed by atoms with Gasteiger partial charge in [-0.25, -0.2) is 4.98 Å². The Kier molecular flexibility index (Phi) is 12.8. The molecule has 6 aromatic carbocycles. The third-order valence-electron chi connectivity index (χ3n) is 8.59. The van der Waals surface area contributed by atoms with Crippen molar-refractivity contribution in [2.75, 3.05) is 0 Å². The van der Waals surface area contributed by atoms with Crippen molar-refractivity contribution in [1.82, 2.24) is 29.9 Å². The first-order valence-corrected chi connectivity index (χ1v) is 18.5. The average Bonchev–Trinajstić information content (AvgIpc) is 3.82. The van der Waals surface area contributed by atoms with E-state index in [1.807, 2.05) is 133 Å². The number of para-hydroxylation sites is 2. The van der Waals surface area contributed by atoms with Gasteiger partial charge in [0.2, 0.25) is 15.9 Å². The predicted octanol–water partition coefficient (Wildman–Crippen LogP) is 9.11. The highest BCUT2D eigenvalue weighted by Gasteiger charge is 2.15. The summed E-state index contributed by atoms with van der Waals surface area (Å²) in [5.41, 5.74) is 6.15. The number of fused-ring (bicyclic) bond motifs is 6. The second-order valence-corrected chi connectivity index (χ2v) is 13.2. The summed E-state index contributed by atoms with van der Waals surface area (Å²) >= 11 is 17.5. The van der Waals surface area contributed by atoms with Gasteiger partial charge in [-0.15, -0.1) is 0 Å². The fourth-order valence-corrected chi connectivity index (χ4v) is 6.53. The Bertz CT molecular complexity index is 2960. The molecule has 2 N–H and O–H groups in total. The van der Waals surface area contributed by atoms with Gasteiger partial charge in [-0.3, -0.25) is 0 Å². The number of hydrogen-bond acceptors (Lipinski definition) is 10. The Morgan fingerprint density at radius 2 is 0.793 bits per heavy atom. The Balaban J connectivity index is 0.000000138. The number of halogens is 3. The molecule has 16 heteroatoms. The minimum absolute atomic E-state index is 0.101. The van der Waals surface area contributed by atoms with Gasteiger partial charge in [-0.1, -0.05) is 115 Å². The van der Waals surface area contributed by atoms with Crippen molar-refractivity contribution in [3.05, 3.63) is 161 Å². The molecular weight excluding hydrogens is 791 g/mol. The lowest BCUT2D eigenvalue weighted by Crippen LogP contribution is -2.29. The zero-order valence-corrected chi connectivity index (χ0v) is 32.4. The standard InChI is InChI=1S/C21H12ClN3O.C12H9BO3.C9H5Cl2N3.B2/c22-21-24-19(13-6-2-1-3-7-13)23-20(25-21)14-10-11-16-15-8-4-5-9-17(15)26-18(16)12-14;14-13(15)8-5-6-10-9-3-1-2-4-11(9)16-12(10)7-8;10-8-12-7(13-9(11)14-8)6-4-2-1-3-5-6;1-2/h1-12H;1-7,14-15H;1-5H;. The summed E-state index contributed by atoms with van der Waals surface area (Å²) in [6.45, 7) is 0. The molecule has 0 aliphatic heterocycles. The summed E-state index contributed by atoms with van der Waals surface area (Å²) in [7, 11) is 6.54. The lowest BCUT2D eigenvalue weighted by Gasteiger charge is -2.04. The number of rotatable bonds is 4. The van der Waals surface area contributed by atoms with E-state index in [1.165, 1.54) is 0 Å². The van der Waals surface area contributed by atoms with Gasteiger partial charge in [0.15, 0.2) is 17.5 Å². The maximum absolute atomic E-state index is 9.07. The maximum atomic E-state index is 9.07. The quantitative estimate of drug-likeness (QED) is 0.165. The van der Waals surface area contributed by atoms with Gasteiger partial charge in [-0.2, -0.15) is 24.9 Å². The smallest absolute Gasteiger partial charge is 0.456 e. The monoisotopic (exact) mass is 816 g/mol. The molecule has 0 unspecified atom stereocenters. The summed E-state index contributed by atoms with van der Waals surface area (Å²) in [6.07, 6.45) is 0. The topological polar surface area (TPSA) is 144 Å². The van der Waals surface area contributed by atoms with Crippen molar-refractivity contribution in [3.63, 3.8) is 0 Å². The molecule has 0 bridgehead atoms. The highest BCUT2D eigenvalue weighted by atomic mass is 35.5. The van der Waals surface area contributed by atoms with E-state index in [4.69, 9.17) is 53.7 Å². The predicted molar refractivity (Wildman–Crippen MR) is 233 cm³/mol. The van der Waals surface area contributed by atoms with Gasteiger partial charge in [0, 0.05) is 53.7 Å². The summed E-state index contributed by atoms with van der Waals surface area (Å²) in [5, 5.41) is 22.7. The minimum Gasteiger partial charge on any atom is -0.456 e. The Hall–Kier alpha value is -6.08. The van der Waals surface area contributed by atoms with Crippen LogP contribution in [-0.2, 0) is 0 Å². The van der Waals surface area contributed by atoms with Crippen LogP contribution in [0.4, 0.5) is 0 Å². The average molecular weight is 818 g/mol. The van der Waals surface area contributed by atoms with E-state index in [2.05, 4.69) is 45.4 Å². The molecule has 0 saturated carbocycles. The first kappa shape index (κ1) is 40.1. The van der Waals surface area contributed by atoms with Gasteiger partial charge in [0.25, 0.3) is 0 Å². The van der Waals surface area contributed by atoms with Gasteiger partial charge in [0.05, 0.1) is 0 Å². The highest BCUT2D eigenvalue weighted by Crippen LogP contribution is 2.32. The third-order valence-corrected chi connectivity index (χ3v) is 9.10. The van der Waals surface area contributed by atoms with Crippen molar-refractivity contribution in [2.45, 2.75) is 0 Å². The van der Waals surface area contributed by atoms with Crippen LogP contribution < -0.4 is 5.46 Å². The van der Waals surface area contributed by atoms with Crippen LogP contribution in [0.15, 0.2) is 154 Å². The molecule has 0 amide bonds. The number of furan rings is 2. The molecule has 0 saturated heterocycles. The largest absolute Gasteiger partial charge is 0.488 e. The van der Waals surface area contributed by atoms with Crippen LogP contribution in [0.5, 0.6) is 0 Å². The van der Waals surface area contributed by atoms with Crippen LogP contribution in [0.2, 0.25) is 15.9 Å². The molecule has 0 fully saturated rings. The first-order chi connectivity index (χ1) is 28.3. The first-order valence-electron chi connectivity index (χ1n) is 17.4. The van der Waals surface area contributed by atoms with Crippen molar-refractivity contribution in [3.8, 4) is 34.2 Å². The Morgan fingerprint density at radius 1 is 0.397 bits per heavy atom. The lowest BCUT2D eigenvalue weighted by molar-refractivity contribution is 0.425. The number of nitrogens with zero attached hydrogens (tertiary/aromatic N) is 6. The van der Waals surface area contributed by atoms with E-state index in [-0.39, 0.29) is 15.9 Å². The van der Waals surface area contributed by atoms with Crippen LogP contribution in [0.3, 0.4) is 0 Å². The summed E-state index contributed by atoms with van der Waals surface area (Å²) in [4.78, 5) is 24.7. The van der Waals surface area contributed by atoms with Gasteiger partial charge < -0.3 is 18.9 Å². The minimum atomic E-state index is -1.46. The maximum Gasteiger partial charge on any atom is 0.488 e. The van der Waals surface area contributed by atoms with Crippen LogP contribution >= 0.6 is 34.8 Å². The molecule has 4 aromatic heterocycles. The molecule has 4 radical (unpaired) electrons.